The van der Waals surface area contributed by atoms with Gasteiger partial charge in [-0.1, -0.05) is 41.4 Å². The predicted octanol–water partition coefficient (Wildman–Crippen LogP) is 5.24. The number of pyridine rings is 2. The third kappa shape index (κ3) is 5.66. The van der Waals surface area contributed by atoms with Crippen molar-refractivity contribution in [1.29, 1.82) is 0 Å². The summed E-state index contributed by atoms with van der Waals surface area (Å²) in [6, 6.07) is 19.6. The molecule has 4 aromatic rings. The summed E-state index contributed by atoms with van der Waals surface area (Å²) in [5, 5.41) is 6.49. The zero-order chi connectivity index (χ0) is 26.6. The highest BCUT2D eigenvalue weighted by Crippen LogP contribution is 2.29. The molecule has 8 nitrogen and oxygen atoms in total. The molecule has 0 saturated carbocycles. The van der Waals surface area contributed by atoms with Gasteiger partial charge in [-0.15, -0.1) is 0 Å². The molecular weight excluding hydrogens is 525 g/mol. The maximum Gasteiger partial charge on any atom is 0.274 e. The largest absolute Gasteiger partial charge is 0.323 e. The minimum absolute atomic E-state index is 0.165. The van der Waals surface area contributed by atoms with Gasteiger partial charge in [-0.05, 0) is 60.2 Å². The van der Waals surface area contributed by atoms with Gasteiger partial charge < -0.3 is 15.5 Å². The van der Waals surface area contributed by atoms with Gasteiger partial charge in [-0.3, -0.25) is 19.4 Å². The van der Waals surface area contributed by atoms with Crippen LogP contribution in [0.15, 0.2) is 85.2 Å². The van der Waals surface area contributed by atoms with E-state index in [1.807, 2.05) is 12.1 Å². The predicted molar refractivity (Wildman–Crippen MR) is 145 cm³/mol. The lowest BCUT2D eigenvalue weighted by molar-refractivity contribution is -0.120. The fourth-order valence-corrected chi connectivity index (χ4v) is 4.44. The molecule has 38 heavy (non-hydrogen) atoms. The number of aromatic nitrogens is 2. The molecule has 5 rings (SSSR count). The highest BCUT2D eigenvalue weighted by Gasteiger charge is 2.35. The van der Waals surface area contributed by atoms with Gasteiger partial charge in [-0.2, -0.15) is 0 Å². The van der Waals surface area contributed by atoms with Crippen molar-refractivity contribution in [3.05, 3.63) is 118 Å². The Kier molecular flexibility index (Phi) is 7.35. The Morgan fingerprint density at radius 3 is 2.45 bits per heavy atom. The summed E-state index contributed by atoms with van der Waals surface area (Å²) in [6.45, 7) is 0.165. The van der Waals surface area contributed by atoms with Crippen molar-refractivity contribution < 1.29 is 14.4 Å². The number of amides is 3. The van der Waals surface area contributed by atoms with Crippen LogP contribution in [0.25, 0.3) is 0 Å². The van der Waals surface area contributed by atoms with Crippen LogP contribution in [0, 0.1) is 0 Å². The Labute approximate surface area is 228 Å². The minimum Gasteiger partial charge on any atom is -0.323 e. The van der Waals surface area contributed by atoms with Gasteiger partial charge in [0, 0.05) is 41.8 Å². The number of rotatable bonds is 6. The second-order valence-electron chi connectivity index (χ2n) is 8.67. The summed E-state index contributed by atoms with van der Waals surface area (Å²) in [5.41, 5.74) is 2.97. The molecule has 2 N–H and O–H groups in total. The van der Waals surface area contributed by atoms with Crippen molar-refractivity contribution >= 4 is 52.3 Å². The van der Waals surface area contributed by atoms with E-state index in [-0.39, 0.29) is 36.4 Å². The van der Waals surface area contributed by atoms with Crippen LogP contribution in [0.2, 0.25) is 10.0 Å². The molecule has 0 aliphatic carbocycles. The molecule has 3 amide bonds. The van der Waals surface area contributed by atoms with Crippen LogP contribution in [-0.2, 0) is 17.8 Å². The number of halogens is 2. The lowest BCUT2D eigenvalue weighted by Gasteiger charge is -2.28. The van der Waals surface area contributed by atoms with Crippen LogP contribution in [-0.4, -0.2) is 38.6 Å². The molecule has 0 unspecified atom stereocenters. The number of anilines is 2. The second kappa shape index (κ2) is 11.0. The lowest BCUT2D eigenvalue weighted by Crippen LogP contribution is -2.46. The Morgan fingerprint density at radius 1 is 0.947 bits per heavy atom. The van der Waals surface area contributed by atoms with Gasteiger partial charge >= 0.3 is 0 Å². The molecule has 10 heteroatoms. The molecule has 190 valence electrons. The third-order valence-electron chi connectivity index (χ3n) is 6.06. The summed E-state index contributed by atoms with van der Waals surface area (Å²) in [6.07, 6.45) is 3.29. The molecule has 2 aromatic heterocycles. The molecule has 0 radical (unpaired) electrons. The molecule has 1 aliphatic rings. The Hall–Kier alpha value is -4.27. The molecule has 1 atom stereocenters. The SMILES string of the molecule is O=C(Nc1ccc(CN2C(=O)c3ccc(Cl)cc3NC(=O)[C@H]2Cc2ccccn2)cc1)c1ccc(Cl)cn1. The maximum atomic E-state index is 13.7. The van der Waals surface area contributed by atoms with Crippen molar-refractivity contribution in [2.75, 3.05) is 10.6 Å². The number of nitrogens with zero attached hydrogens (tertiary/aromatic N) is 3. The summed E-state index contributed by atoms with van der Waals surface area (Å²) < 4.78 is 0. The van der Waals surface area contributed by atoms with E-state index in [2.05, 4.69) is 20.6 Å². The molecule has 2 aromatic carbocycles. The number of benzene rings is 2. The second-order valence-corrected chi connectivity index (χ2v) is 9.54. The van der Waals surface area contributed by atoms with E-state index in [4.69, 9.17) is 23.2 Å². The average molecular weight is 546 g/mol. The standard InChI is InChI=1S/C28H21Cl2N5O3/c29-18-6-10-22-24(13-18)34-27(37)25(14-21-3-1-2-12-31-21)35(28(22)38)16-17-4-8-20(9-5-17)33-26(36)23-11-7-19(30)15-32-23/h1-13,15,25H,14,16H2,(H,33,36)(H,34,37)/t25-/m1/s1. The Balaban J connectivity index is 1.40. The van der Waals surface area contributed by atoms with E-state index < -0.39 is 6.04 Å². The molecule has 3 heterocycles. The van der Waals surface area contributed by atoms with Crippen LogP contribution >= 0.6 is 23.2 Å². The van der Waals surface area contributed by atoms with Crippen molar-refractivity contribution in [2.45, 2.75) is 19.0 Å². The molecule has 0 saturated heterocycles. The zero-order valence-electron chi connectivity index (χ0n) is 19.9. The van der Waals surface area contributed by atoms with Crippen LogP contribution in [0.4, 0.5) is 11.4 Å². The van der Waals surface area contributed by atoms with Gasteiger partial charge in [0.2, 0.25) is 5.91 Å². The normalized spacial score (nSPS) is 14.9. The highest BCUT2D eigenvalue weighted by atomic mass is 35.5. The summed E-state index contributed by atoms with van der Waals surface area (Å²) in [5.74, 6) is -1.01. The smallest absolute Gasteiger partial charge is 0.274 e. The van der Waals surface area contributed by atoms with E-state index in [0.717, 1.165) is 5.56 Å². The molecular formula is C28H21Cl2N5O3. The molecule has 0 spiro atoms. The molecule has 1 aliphatic heterocycles. The van der Waals surface area contributed by atoms with Gasteiger partial charge in [0.25, 0.3) is 11.8 Å². The fourth-order valence-electron chi connectivity index (χ4n) is 4.16. The zero-order valence-corrected chi connectivity index (χ0v) is 21.4. The van der Waals surface area contributed by atoms with Gasteiger partial charge in [0.05, 0.1) is 16.3 Å². The maximum absolute atomic E-state index is 13.7. The van der Waals surface area contributed by atoms with E-state index in [1.165, 1.54) is 17.2 Å². The van der Waals surface area contributed by atoms with E-state index >= 15 is 0 Å². The summed E-state index contributed by atoms with van der Waals surface area (Å²) >= 11 is 12.0. The minimum atomic E-state index is -0.807. The first-order valence-corrected chi connectivity index (χ1v) is 12.5. The van der Waals surface area contributed by atoms with Gasteiger partial charge in [0.1, 0.15) is 11.7 Å². The fraction of sp³-hybridized carbons (Fsp3) is 0.107. The van der Waals surface area contributed by atoms with Crippen molar-refractivity contribution in [2.24, 2.45) is 0 Å². The number of carbonyl (C=O) groups is 3. The Bertz CT molecular complexity index is 1500. The third-order valence-corrected chi connectivity index (χ3v) is 6.52. The monoisotopic (exact) mass is 545 g/mol. The van der Waals surface area contributed by atoms with E-state index in [1.54, 1.807) is 60.8 Å². The number of hydrogen-bond acceptors (Lipinski definition) is 5. The van der Waals surface area contributed by atoms with E-state index in [9.17, 15) is 14.4 Å². The van der Waals surface area contributed by atoms with Crippen LogP contribution in [0.3, 0.4) is 0 Å². The average Bonchev–Trinajstić information content (AvgIpc) is 3.00. The van der Waals surface area contributed by atoms with Crippen molar-refractivity contribution in [3.8, 4) is 0 Å². The van der Waals surface area contributed by atoms with Crippen LogP contribution in [0.5, 0.6) is 0 Å². The van der Waals surface area contributed by atoms with Crippen molar-refractivity contribution in [3.63, 3.8) is 0 Å². The number of nitrogens with one attached hydrogen (secondary N) is 2. The first-order valence-electron chi connectivity index (χ1n) is 11.7. The van der Waals surface area contributed by atoms with Gasteiger partial charge in [0.15, 0.2) is 0 Å². The number of hydrogen-bond donors (Lipinski definition) is 2. The first kappa shape index (κ1) is 25.4. The van der Waals surface area contributed by atoms with E-state index in [0.29, 0.717) is 32.7 Å². The quantitative estimate of drug-likeness (QED) is 0.344. The first-order chi connectivity index (χ1) is 18.4. The number of carbonyl (C=O) groups excluding carboxylic acids is 3. The topological polar surface area (TPSA) is 104 Å². The highest BCUT2D eigenvalue weighted by molar-refractivity contribution is 6.31. The molecule has 0 fully saturated rings. The Morgan fingerprint density at radius 2 is 1.74 bits per heavy atom. The van der Waals surface area contributed by atoms with Crippen LogP contribution < -0.4 is 10.6 Å². The summed E-state index contributed by atoms with van der Waals surface area (Å²) in [4.78, 5) is 49.4. The summed E-state index contributed by atoms with van der Waals surface area (Å²) in [7, 11) is 0. The molecule has 0 bridgehead atoms. The van der Waals surface area contributed by atoms with Crippen molar-refractivity contribution in [1.82, 2.24) is 14.9 Å². The van der Waals surface area contributed by atoms with Crippen LogP contribution in [0.1, 0.15) is 32.1 Å². The lowest BCUT2D eigenvalue weighted by atomic mass is 10.1. The number of fused-ring (bicyclic) bond motifs is 1. The van der Waals surface area contributed by atoms with Gasteiger partial charge in [-0.25, -0.2) is 4.98 Å².